The Labute approximate surface area is 73.7 Å². The van der Waals surface area contributed by atoms with Gasteiger partial charge in [-0.1, -0.05) is 6.92 Å². The summed E-state index contributed by atoms with van der Waals surface area (Å²) in [5.74, 6) is -0.244. The molecule has 0 aliphatic rings. The first kappa shape index (κ1) is 11.4. The van der Waals surface area contributed by atoms with E-state index in [1.54, 1.807) is 6.92 Å². The average molecular weight is 174 g/mol. The molecule has 1 unspecified atom stereocenters. The standard InChI is InChI=1S/C9H18O3/c1-5-9(3,4)8(11)12-7(2)6-10/h7,10H,5-6H2,1-4H3. The monoisotopic (exact) mass is 174 g/mol. The van der Waals surface area contributed by atoms with Crippen LogP contribution in [0.5, 0.6) is 0 Å². The summed E-state index contributed by atoms with van der Waals surface area (Å²) < 4.78 is 4.97. The van der Waals surface area contributed by atoms with Gasteiger partial charge in [0.25, 0.3) is 0 Å². The molecule has 0 amide bonds. The van der Waals surface area contributed by atoms with Crippen molar-refractivity contribution < 1.29 is 14.6 Å². The maximum Gasteiger partial charge on any atom is 0.311 e. The van der Waals surface area contributed by atoms with Crippen molar-refractivity contribution in [1.29, 1.82) is 0 Å². The van der Waals surface area contributed by atoms with E-state index in [9.17, 15) is 4.79 Å². The molecule has 0 rings (SSSR count). The predicted molar refractivity (Wildman–Crippen MR) is 46.7 cm³/mol. The van der Waals surface area contributed by atoms with Crippen molar-refractivity contribution in [3.05, 3.63) is 0 Å². The van der Waals surface area contributed by atoms with E-state index in [0.717, 1.165) is 6.42 Å². The zero-order valence-electron chi connectivity index (χ0n) is 8.26. The summed E-state index contributed by atoms with van der Waals surface area (Å²) in [6.45, 7) is 7.15. The van der Waals surface area contributed by atoms with E-state index < -0.39 is 11.5 Å². The maximum atomic E-state index is 11.3. The summed E-state index contributed by atoms with van der Waals surface area (Å²) in [4.78, 5) is 11.3. The predicted octanol–water partition coefficient (Wildman–Crippen LogP) is 1.35. The molecule has 0 aromatic heterocycles. The molecule has 0 saturated heterocycles. The lowest BCUT2D eigenvalue weighted by atomic mass is 9.91. The number of rotatable bonds is 4. The molecular formula is C9H18O3. The van der Waals surface area contributed by atoms with Crippen LogP contribution in [0.15, 0.2) is 0 Å². The highest BCUT2D eigenvalue weighted by Gasteiger charge is 2.28. The highest BCUT2D eigenvalue weighted by atomic mass is 16.6. The lowest BCUT2D eigenvalue weighted by Crippen LogP contribution is -2.30. The van der Waals surface area contributed by atoms with Gasteiger partial charge in [0.1, 0.15) is 6.10 Å². The van der Waals surface area contributed by atoms with Gasteiger partial charge in [0.15, 0.2) is 0 Å². The van der Waals surface area contributed by atoms with Gasteiger partial charge in [-0.25, -0.2) is 0 Å². The summed E-state index contributed by atoms with van der Waals surface area (Å²) >= 11 is 0. The molecular weight excluding hydrogens is 156 g/mol. The minimum Gasteiger partial charge on any atom is -0.460 e. The first-order chi connectivity index (χ1) is 5.44. The molecule has 3 heteroatoms. The Morgan fingerprint density at radius 3 is 2.42 bits per heavy atom. The third-order valence-corrected chi connectivity index (χ3v) is 2.00. The normalized spacial score (nSPS) is 14.1. The molecule has 3 nitrogen and oxygen atoms in total. The minimum atomic E-state index is -0.441. The van der Waals surface area contributed by atoms with Gasteiger partial charge in [-0.3, -0.25) is 4.79 Å². The van der Waals surface area contributed by atoms with Gasteiger partial charge in [0.2, 0.25) is 0 Å². The van der Waals surface area contributed by atoms with Crippen LogP contribution in [0.25, 0.3) is 0 Å². The molecule has 72 valence electrons. The maximum absolute atomic E-state index is 11.3. The van der Waals surface area contributed by atoms with Crippen molar-refractivity contribution in [3.8, 4) is 0 Å². The van der Waals surface area contributed by atoms with Gasteiger partial charge >= 0.3 is 5.97 Å². The topological polar surface area (TPSA) is 46.5 Å². The second-order valence-electron chi connectivity index (χ2n) is 3.64. The highest BCUT2D eigenvalue weighted by Crippen LogP contribution is 2.21. The Kier molecular flexibility index (Phi) is 4.24. The second-order valence-corrected chi connectivity index (χ2v) is 3.64. The van der Waals surface area contributed by atoms with E-state index in [-0.39, 0.29) is 12.6 Å². The Hall–Kier alpha value is -0.570. The van der Waals surface area contributed by atoms with Gasteiger partial charge < -0.3 is 9.84 Å². The van der Waals surface area contributed by atoms with E-state index in [2.05, 4.69) is 0 Å². The first-order valence-corrected chi connectivity index (χ1v) is 4.26. The third-order valence-electron chi connectivity index (χ3n) is 2.00. The van der Waals surface area contributed by atoms with Crippen molar-refractivity contribution >= 4 is 5.97 Å². The zero-order valence-corrected chi connectivity index (χ0v) is 8.26. The fraction of sp³-hybridized carbons (Fsp3) is 0.889. The molecule has 0 saturated carbocycles. The smallest absolute Gasteiger partial charge is 0.311 e. The van der Waals surface area contributed by atoms with Gasteiger partial charge in [-0.05, 0) is 27.2 Å². The fourth-order valence-corrected chi connectivity index (χ4v) is 0.524. The largest absolute Gasteiger partial charge is 0.460 e. The number of esters is 1. The van der Waals surface area contributed by atoms with E-state index in [1.807, 2.05) is 20.8 Å². The summed E-state index contributed by atoms with van der Waals surface area (Å²) in [6.07, 6.45) is 0.340. The summed E-state index contributed by atoms with van der Waals surface area (Å²) in [7, 11) is 0. The number of ether oxygens (including phenoxy) is 1. The lowest BCUT2D eigenvalue weighted by Gasteiger charge is -2.22. The second kappa shape index (κ2) is 4.45. The molecule has 1 atom stereocenters. The molecule has 0 aromatic carbocycles. The number of hydrogen-bond acceptors (Lipinski definition) is 3. The van der Waals surface area contributed by atoms with E-state index >= 15 is 0 Å². The molecule has 0 aromatic rings. The van der Waals surface area contributed by atoms with Crippen molar-refractivity contribution in [1.82, 2.24) is 0 Å². The van der Waals surface area contributed by atoms with Crippen LogP contribution in [0, 0.1) is 5.41 Å². The van der Waals surface area contributed by atoms with Crippen LogP contribution in [-0.4, -0.2) is 23.8 Å². The SMILES string of the molecule is CCC(C)(C)C(=O)OC(C)CO. The molecule has 0 aliphatic heterocycles. The van der Waals surface area contributed by atoms with E-state index in [1.165, 1.54) is 0 Å². The highest BCUT2D eigenvalue weighted by molar-refractivity contribution is 5.75. The number of carbonyl (C=O) groups is 1. The van der Waals surface area contributed by atoms with Crippen LogP contribution in [0.3, 0.4) is 0 Å². The van der Waals surface area contributed by atoms with Crippen molar-refractivity contribution in [3.63, 3.8) is 0 Å². The van der Waals surface area contributed by atoms with Crippen LogP contribution in [0.2, 0.25) is 0 Å². The van der Waals surface area contributed by atoms with E-state index in [4.69, 9.17) is 9.84 Å². The van der Waals surface area contributed by atoms with Crippen molar-refractivity contribution in [2.75, 3.05) is 6.61 Å². The lowest BCUT2D eigenvalue weighted by molar-refractivity contribution is -0.160. The molecule has 0 bridgehead atoms. The molecule has 0 fully saturated rings. The summed E-state index contributed by atoms with van der Waals surface area (Å²) in [6, 6.07) is 0. The number of aliphatic hydroxyl groups excluding tert-OH is 1. The quantitative estimate of drug-likeness (QED) is 0.654. The molecule has 0 aliphatic carbocycles. The average Bonchev–Trinajstić information content (AvgIpc) is 2.04. The van der Waals surface area contributed by atoms with Crippen LogP contribution >= 0.6 is 0 Å². The van der Waals surface area contributed by atoms with Crippen LogP contribution in [0.1, 0.15) is 34.1 Å². The number of aliphatic hydroxyl groups is 1. The van der Waals surface area contributed by atoms with Crippen molar-refractivity contribution in [2.45, 2.75) is 40.2 Å². The molecule has 12 heavy (non-hydrogen) atoms. The van der Waals surface area contributed by atoms with Crippen LogP contribution in [0.4, 0.5) is 0 Å². The molecule has 0 spiro atoms. The first-order valence-electron chi connectivity index (χ1n) is 4.26. The number of hydrogen-bond donors (Lipinski definition) is 1. The van der Waals surface area contributed by atoms with Gasteiger partial charge in [0.05, 0.1) is 12.0 Å². The minimum absolute atomic E-state index is 0.120. The summed E-state index contributed by atoms with van der Waals surface area (Å²) in [5, 5.41) is 8.64. The van der Waals surface area contributed by atoms with Crippen LogP contribution < -0.4 is 0 Å². The van der Waals surface area contributed by atoms with Gasteiger partial charge in [-0.15, -0.1) is 0 Å². The summed E-state index contributed by atoms with van der Waals surface area (Å²) in [5.41, 5.74) is -0.441. The Bertz CT molecular complexity index is 152. The van der Waals surface area contributed by atoms with Crippen LogP contribution in [-0.2, 0) is 9.53 Å². The van der Waals surface area contributed by atoms with E-state index in [0.29, 0.717) is 0 Å². The van der Waals surface area contributed by atoms with Crippen molar-refractivity contribution in [2.24, 2.45) is 5.41 Å². The molecule has 1 N–H and O–H groups in total. The number of carbonyl (C=O) groups excluding carboxylic acids is 1. The Balaban J connectivity index is 4.03. The molecule has 0 radical (unpaired) electrons. The zero-order chi connectivity index (χ0) is 9.78. The fourth-order valence-electron chi connectivity index (χ4n) is 0.524. The third kappa shape index (κ3) is 3.22. The Morgan fingerprint density at radius 2 is 2.08 bits per heavy atom. The Morgan fingerprint density at radius 1 is 1.58 bits per heavy atom. The van der Waals surface area contributed by atoms with Gasteiger partial charge in [0, 0.05) is 0 Å². The molecule has 0 heterocycles. The van der Waals surface area contributed by atoms with Gasteiger partial charge in [-0.2, -0.15) is 0 Å².